The molecular weight excluding hydrogens is 447 g/mol. The van der Waals surface area contributed by atoms with Crippen LogP contribution in [0.5, 0.6) is 5.75 Å². The van der Waals surface area contributed by atoms with Gasteiger partial charge in [0.15, 0.2) is 5.76 Å². The van der Waals surface area contributed by atoms with Crippen molar-refractivity contribution < 1.29 is 23.1 Å². The van der Waals surface area contributed by atoms with E-state index >= 15 is 0 Å². The molecule has 1 aromatic heterocycles. The van der Waals surface area contributed by atoms with Gasteiger partial charge in [0.2, 0.25) is 5.91 Å². The maximum atomic E-state index is 14.1. The molecule has 2 amide bonds. The molecule has 2 heterocycles. The number of hydrogen-bond acceptors (Lipinski definition) is 4. The van der Waals surface area contributed by atoms with Gasteiger partial charge in [-0.3, -0.25) is 9.59 Å². The largest absolute Gasteiger partial charge is 0.486 e. The van der Waals surface area contributed by atoms with E-state index in [1.165, 1.54) is 12.1 Å². The van der Waals surface area contributed by atoms with E-state index in [1.807, 2.05) is 43.0 Å². The van der Waals surface area contributed by atoms with Crippen molar-refractivity contribution in [3.8, 4) is 5.75 Å². The van der Waals surface area contributed by atoms with Crippen molar-refractivity contribution in [1.29, 1.82) is 0 Å². The summed E-state index contributed by atoms with van der Waals surface area (Å²) in [4.78, 5) is 27.1. The van der Waals surface area contributed by atoms with Gasteiger partial charge in [0.25, 0.3) is 5.91 Å². The van der Waals surface area contributed by atoms with Crippen LogP contribution in [0.3, 0.4) is 0 Å². The van der Waals surface area contributed by atoms with E-state index in [-0.39, 0.29) is 48.0 Å². The highest BCUT2D eigenvalue weighted by Crippen LogP contribution is 2.41. The minimum atomic E-state index is -0.360. The zero-order valence-corrected chi connectivity index (χ0v) is 19.9. The van der Waals surface area contributed by atoms with E-state index in [4.69, 9.17) is 9.15 Å². The van der Waals surface area contributed by atoms with Crippen LogP contribution in [-0.2, 0) is 17.8 Å². The number of benzene rings is 2. The topological polar surface area (TPSA) is 71.8 Å². The summed E-state index contributed by atoms with van der Waals surface area (Å²) in [7, 11) is 0. The van der Waals surface area contributed by atoms with E-state index in [9.17, 15) is 14.0 Å². The van der Waals surface area contributed by atoms with Gasteiger partial charge >= 0.3 is 0 Å². The van der Waals surface area contributed by atoms with Gasteiger partial charge < -0.3 is 19.4 Å². The Kier molecular flexibility index (Phi) is 6.32. The first-order valence-corrected chi connectivity index (χ1v) is 12.1. The number of nitrogens with zero attached hydrogens (tertiary/aromatic N) is 1. The zero-order valence-electron chi connectivity index (χ0n) is 19.9. The van der Waals surface area contributed by atoms with Gasteiger partial charge in [-0.05, 0) is 86.2 Å². The number of halogens is 1. The summed E-state index contributed by atoms with van der Waals surface area (Å²) in [6, 6.07) is 15.3. The minimum absolute atomic E-state index is 0.0141. The summed E-state index contributed by atoms with van der Waals surface area (Å²) >= 11 is 0. The molecular formula is C28H29FN2O4. The molecule has 1 saturated carbocycles. The van der Waals surface area contributed by atoms with E-state index in [0.29, 0.717) is 18.1 Å². The van der Waals surface area contributed by atoms with Gasteiger partial charge in [-0.2, -0.15) is 0 Å². The van der Waals surface area contributed by atoms with Crippen LogP contribution in [0.25, 0.3) is 0 Å². The van der Waals surface area contributed by atoms with Crippen LogP contribution in [0.15, 0.2) is 59.0 Å². The van der Waals surface area contributed by atoms with Gasteiger partial charge in [-0.25, -0.2) is 4.39 Å². The summed E-state index contributed by atoms with van der Waals surface area (Å²) in [6.45, 7) is 4.54. The normalized spacial score (nSPS) is 17.3. The molecule has 1 aliphatic carbocycles. The molecule has 3 aromatic rings. The van der Waals surface area contributed by atoms with Crippen molar-refractivity contribution >= 4 is 11.8 Å². The molecule has 1 N–H and O–H groups in total. The molecule has 0 spiro atoms. The lowest BCUT2D eigenvalue weighted by atomic mass is 9.87. The molecule has 0 bridgehead atoms. The molecule has 7 heteroatoms. The summed E-state index contributed by atoms with van der Waals surface area (Å²) < 4.78 is 25.8. The number of furan rings is 1. The number of nitrogens with one attached hydrogen (secondary N) is 1. The Bertz CT molecular complexity index is 1250. The SMILES string of the molecule is CC(C)NC(=O)c1ccc(COc2ccc3c(c2)[C@@H](c2cccc(F)c2)N(C(=O)C2CC2)CC3)o1. The van der Waals surface area contributed by atoms with Crippen molar-refractivity contribution in [3.05, 3.63) is 88.6 Å². The standard InChI is InChI=1S/C28H29FN2O4/c1-17(2)30-27(32)25-11-10-23(35-25)16-34-22-9-8-18-12-13-31(28(33)19-6-7-19)26(24(18)15-22)20-4-3-5-21(29)14-20/h3-5,8-11,14-15,17,19,26H,6-7,12-13,16H2,1-2H3,(H,30,32)/t26-/m1/s1. The molecule has 1 atom stereocenters. The number of ether oxygens (including phenoxy) is 1. The monoisotopic (exact) mass is 476 g/mol. The van der Waals surface area contributed by atoms with Crippen molar-refractivity contribution in [1.82, 2.24) is 10.2 Å². The Morgan fingerprint density at radius 3 is 2.71 bits per heavy atom. The van der Waals surface area contributed by atoms with Gasteiger partial charge in [0.05, 0.1) is 6.04 Å². The van der Waals surface area contributed by atoms with E-state index < -0.39 is 0 Å². The molecule has 0 unspecified atom stereocenters. The lowest BCUT2D eigenvalue weighted by molar-refractivity contribution is -0.134. The fraction of sp³-hybridized carbons (Fsp3) is 0.357. The first kappa shape index (κ1) is 23.1. The Hall–Kier alpha value is -3.61. The average molecular weight is 477 g/mol. The molecule has 0 radical (unpaired) electrons. The molecule has 1 fully saturated rings. The molecule has 2 aromatic carbocycles. The fourth-order valence-corrected chi connectivity index (χ4v) is 4.59. The second kappa shape index (κ2) is 9.56. The maximum absolute atomic E-state index is 14.1. The first-order chi connectivity index (χ1) is 16.9. The highest BCUT2D eigenvalue weighted by Gasteiger charge is 2.39. The van der Waals surface area contributed by atoms with Crippen LogP contribution < -0.4 is 10.1 Å². The van der Waals surface area contributed by atoms with Crippen molar-refractivity contribution in [2.75, 3.05) is 6.54 Å². The Morgan fingerprint density at radius 1 is 1.14 bits per heavy atom. The van der Waals surface area contributed by atoms with Crippen LogP contribution in [0.4, 0.5) is 4.39 Å². The fourth-order valence-electron chi connectivity index (χ4n) is 4.59. The van der Waals surface area contributed by atoms with E-state index in [0.717, 1.165) is 36.0 Å². The predicted octanol–water partition coefficient (Wildman–Crippen LogP) is 5.02. The van der Waals surface area contributed by atoms with Crippen molar-refractivity contribution in [2.24, 2.45) is 5.92 Å². The summed E-state index contributed by atoms with van der Waals surface area (Å²) in [6.07, 6.45) is 2.58. The van der Waals surface area contributed by atoms with Gasteiger partial charge in [-0.1, -0.05) is 18.2 Å². The Morgan fingerprint density at radius 2 is 1.97 bits per heavy atom. The van der Waals surface area contributed by atoms with Crippen LogP contribution in [0, 0.1) is 11.7 Å². The Balaban J connectivity index is 1.39. The minimum Gasteiger partial charge on any atom is -0.486 e. The third-order valence-electron chi connectivity index (χ3n) is 6.41. The number of rotatable bonds is 7. The van der Waals surface area contributed by atoms with E-state index in [1.54, 1.807) is 18.2 Å². The third kappa shape index (κ3) is 5.09. The lowest BCUT2D eigenvalue weighted by Crippen LogP contribution is -2.41. The number of amides is 2. The molecule has 2 aliphatic rings. The first-order valence-electron chi connectivity index (χ1n) is 12.1. The molecule has 6 nitrogen and oxygen atoms in total. The van der Waals surface area contributed by atoms with Crippen LogP contribution in [0.1, 0.15) is 65.7 Å². The second-order valence-corrected chi connectivity index (χ2v) is 9.56. The predicted molar refractivity (Wildman–Crippen MR) is 128 cm³/mol. The van der Waals surface area contributed by atoms with Crippen LogP contribution in [0.2, 0.25) is 0 Å². The number of carbonyl (C=O) groups is 2. The average Bonchev–Trinajstić information content (AvgIpc) is 3.58. The maximum Gasteiger partial charge on any atom is 0.287 e. The van der Waals surface area contributed by atoms with Gasteiger partial charge in [0, 0.05) is 18.5 Å². The summed E-state index contributed by atoms with van der Waals surface area (Å²) in [5.41, 5.74) is 2.82. The van der Waals surface area contributed by atoms with Gasteiger partial charge in [0.1, 0.15) is 23.9 Å². The third-order valence-corrected chi connectivity index (χ3v) is 6.41. The quantitative estimate of drug-likeness (QED) is 0.520. The summed E-state index contributed by atoms with van der Waals surface area (Å²) in [5, 5.41) is 2.80. The molecule has 1 aliphatic heterocycles. The lowest BCUT2D eigenvalue weighted by Gasteiger charge is -2.38. The smallest absolute Gasteiger partial charge is 0.287 e. The van der Waals surface area contributed by atoms with Crippen molar-refractivity contribution in [2.45, 2.75) is 51.8 Å². The molecule has 35 heavy (non-hydrogen) atoms. The Labute approximate surface area is 204 Å². The van der Waals surface area contributed by atoms with Gasteiger partial charge in [-0.15, -0.1) is 0 Å². The molecule has 182 valence electrons. The number of carbonyl (C=O) groups excluding carboxylic acids is 2. The van der Waals surface area contributed by atoms with Crippen LogP contribution >= 0.6 is 0 Å². The van der Waals surface area contributed by atoms with Crippen molar-refractivity contribution in [3.63, 3.8) is 0 Å². The van der Waals surface area contributed by atoms with E-state index in [2.05, 4.69) is 5.32 Å². The molecule has 0 saturated heterocycles. The van der Waals surface area contributed by atoms with Crippen LogP contribution in [-0.4, -0.2) is 29.3 Å². The molecule has 5 rings (SSSR count). The number of hydrogen-bond donors (Lipinski definition) is 1. The zero-order chi connectivity index (χ0) is 24.5. The highest BCUT2D eigenvalue weighted by molar-refractivity contribution is 5.91. The number of fused-ring (bicyclic) bond motifs is 1. The highest BCUT2D eigenvalue weighted by atomic mass is 19.1. The summed E-state index contributed by atoms with van der Waals surface area (Å²) in [5.74, 6) is 1.02. The second-order valence-electron chi connectivity index (χ2n) is 9.56.